The summed E-state index contributed by atoms with van der Waals surface area (Å²) in [6.07, 6.45) is -9.95. The van der Waals surface area contributed by atoms with E-state index in [2.05, 4.69) is 5.32 Å². The molecule has 0 unspecified atom stereocenters. The molecule has 0 aliphatic rings. The SMILES string of the molecule is CC(=O)CCNCc1cc(C(F)(F)F)ccc1-c1cc(CC(=O)O)ccc1C(F)(F)F. The van der Waals surface area contributed by atoms with Crippen LogP contribution in [0, 0.1) is 0 Å². The Morgan fingerprint density at radius 3 is 2.16 bits per heavy atom. The molecule has 0 atom stereocenters. The molecule has 0 aliphatic carbocycles. The first kappa shape index (κ1) is 24.4. The summed E-state index contributed by atoms with van der Waals surface area (Å²) in [5.41, 5.74) is -2.63. The summed E-state index contributed by atoms with van der Waals surface area (Å²) in [7, 11) is 0. The van der Waals surface area contributed by atoms with Gasteiger partial charge in [-0.1, -0.05) is 12.1 Å². The van der Waals surface area contributed by atoms with Crippen LogP contribution < -0.4 is 5.32 Å². The maximum absolute atomic E-state index is 13.6. The smallest absolute Gasteiger partial charge is 0.417 e. The van der Waals surface area contributed by atoms with Crippen molar-refractivity contribution in [2.75, 3.05) is 6.54 Å². The number of Topliss-reactive ketones (excluding diaryl/α,β-unsaturated/α-hetero) is 1. The van der Waals surface area contributed by atoms with Gasteiger partial charge in [0.2, 0.25) is 0 Å². The Bertz CT molecular complexity index is 967. The summed E-state index contributed by atoms with van der Waals surface area (Å²) in [5, 5.41) is 11.7. The van der Waals surface area contributed by atoms with Gasteiger partial charge in [-0.15, -0.1) is 0 Å². The summed E-state index contributed by atoms with van der Waals surface area (Å²) >= 11 is 0. The number of nitrogens with one attached hydrogen (secondary N) is 1. The summed E-state index contributed by atoms with van der Waals surface area (Å²) in [4.78, 5) is 22.0. The molecule has 2 rings (SSSR count). The van der Waals surface area contributed by atoms with Gasteiger partial charge in [0.25, 0.3) is 0 Å². The van der Waals surface area contributed by atoms with Crippen LogP contribution in [0.15, 0.2) is 36.4 Å². The molecule has 0 saturated carbocycles. The molecule has 2 N–H and O–H groups in total. The second-order valence-electron chi connectivity index (χ2n) is 6.95. The zero-order valence-corrected chi connectivity index (χ0v) is 16.3. The highest BCUT2D eigenvalue weighted by atomic mass is 19.4. The van der Waals surface area contributed by atoms with Crippen LogP contribution in [0.2, 0.25) is 0 Å². The maximum atomic E-state index is 13.6. The number of benzene rings is 2. The number of carbonyl (C=O) groups excluding carboxylic acids is 1. The molecule has 0 spiro atoms. The number of carboxylic acid groups (broad SMARTS) is 1. The van der Waals surface area contributed by atoms with Gasteiger partial charge < -0.3 is 10.4 Å². The molecule has 0 bridgehead atoms. The van der Waals surface area contributed by atoms with Crippen LogP contribution in [0.1, 0.15) is 35.6 Å². The molecule has 4 nitrogen and oxygen atoms in total. The number of ketones is 1. The predicted molar refractivity (Wildman–Crippen MR) is 100 cm³/mol. The first-order valence-electron chi connectivity index (χ1n) is 9.11. The van der Waals surface area contributed by atoms with Gasteiger partial charge in [-0.25, -0.2) is 0 Å². The molecule has 0 heterocycles. The highest BCUT2D eigenvalue weighted by Gasteiger charge is 2.35. The third kappa shape index (κ3) is 6.81. The van der Waals surface area contributed by atoms with E-state index in [4.69, 9.17) is 5.11 Å². The first-order chi connectivity index (χ1) is 14.3. The first-order valence-corrected chi connectivity index (χ1v) is 9.11. The largest absolute Gasteiger partial charge is 0.481 e. The quantitative estimate of drug-likeness (QED) is 0.437. The third-order valence-electron chi connectivity index (χ3n) is 4.44. The minimum Gasteiger partial charge on any atom is -0.481 e. The number of hydrogen-bond acceptors (Lipinski definition) is 3. The van der Waals surface area contributed by atoms with E-state index < -0.39 is 41.4 Å². The van der Waals surface area contributed by atoms with Gasteiger partial charge >= 0.3 is 18.3 Å². The Morgan fingerprint density at radius 2 is 1.61 bits per heavy atom. The van der Waals surface area contributed by atoms with E-state index in [1.165, 1.54) is 6.92 Å². The topological polar surface area (TPSA) is 66.4 Å². The van der Waals surface area contributed by atoms with Crippen molar-refractivity contribution in [2.45, 2.75) is 38.7 Å². The molecule has 0 radical (unpaired) electrons. The van der Waals surface area contributed by atoms with E-state index in [0.29, 0.717) is 6.07 Å². The average molecular weight is 447 g/mol. The molecule has 0 aromatic heterocycles. The van der Waals surface area contributed by atoms with E-state index in [1.807, 2.05) is 0 Å². The van der Waals surface area contributed by atoms with Crippen molar-refractivity contribution in [2.24, 2.45) is 0 Å². The Morgan fingerprint density at radius 1 is 0.935 bits per heavy atom. The van der Waals surface area contributed by atoms with Gasteiger partial charge in [0.1, 0.15) is 5.78 Å². The maximum Gasteiger partial charge on any atom is 0.417 e. The van der Waals surface area contributed by atoms with Crippen LogP contribution in [-0.2, 0) is 34.9 Å². The predicted octanol–water partition coefficient (Wildman–Crippen LogP) is 5.09. The standard InChI is InChI=1S/C21H19F6NO3/c1-12(29)6-7-28-11-14-10-15(20(22,23)24)3-4-16(14)17-8-13(9-19(30)31)2-5-18(17)21(25,26)27/h2-5,8,10,28H,6-7,9,11H2,1H3,(H,30,31). The lowest BCUT2D eigenvalue weighted by Gasteiger charge is -2.19. The average Bonchev–Trinajstić information content (AvgIpc) is 2.62. The van der Waals surface area contributed by atoms with Crippen LogP contribution in [0.25, 0.3) is 11.1 Å². The van der Waals surface area contributed by atoms with Crippen LogP contribution in [0.3, 0.4) is 0 Å². The highest BCUT2D eigenvalue weighted by Crippen LogP contribution is 2.40. The van der Waals surface area contributed by atoms with Crippen molar-refractivity contribution in [3.8, 4) is 11.1 Å². The lowest BCUT2D eigenvalue weighted by Crippen LogP contribution is -2.18. The van der Waals surface area contributed by atoms with Crippen molar-refractivity contribution in [1.82, 2.24) is 5.32 Å². The molecule has 10 heteroatoms. The minimum absolute atomic E-state index is 0.0589. The fourth-order valence-electron chi connectivity index (χ4n) is 3.01. The van der Waals surface area contributed by atoms with Gasteiger partial charge in [0.05, 0.1) is 17.5 Å². The second kappa shape index (κ2) is 9.51. The Hall–Kier alpha value is -2.88. The third-order valence-corrected chi connectivity index (χ3v) is 4.44. The summed E-state index contributed by atoms with van der Waals surface area (Å²) in [6, 6.07) is 5.14. The summed E-state index contributed by atoms with van der Waals surface area (Å²) < 4.78 is 80.2. The monoisotopic (exact) mass is 447 g/mol. The van der Waals surface area contributed by atoms with Crippen LogP contribution in [0.5, 0.6) is 0 Å². The van der Waals surface area contributed by atoms with E-state index in [-0.39, 0.29) is 42.0 Å². The van der Waals surface area contributed by atoms with Crippen molar-refractivity contribution < 1.29 is 41.0 Å². The number of halogens is 6. The highest BCUT2D eigenvalue weighted by molar-refractivity contribution is 5.76. The van der Waals surface area contributed by atoms with Crippen molar-refractivity contribution in [3.63, 3.8) is 0 Å². The van der Waals surface area contributed by atoms with E-state index in [1.54, 1.807) is 0 Å². The molecule has 2 aromatic rings. The summed E-state index contributed by atoms with van der Waals surface area (Å²) in [6.45, 7) is 1.25. The van der Waals surface area contributed by atoms with Crippen molar-refractivity contribution in [3.05, 3.63) is 58.7 Å². The number of aliphatic carboxylic acids is 1. The van der Waals surface area contributed by atoms with Gasteiger partial charge in [0, 0.05) is 19.5 Å². The molecule has 0 aliphatic heterocycles. The van der Waals surface area contributed by atoms with Crippen molar-refractivity contribution >= 4 is 11.8 Å². The summed E-state index contributed by atoms with van der Waals surface area (Å²) in [5.74, 6) is -1.42. The number of alkyl halides is 6. The molecular weight excluding hydrogens is 428 g/mol. The van der Waals surface area contributed by atoms with Crippen molar-refractivity contribution in [1.29, 1.82) is 0 Å². The van der Waals surface area contributed by atoms with E-state index in [0.717, 1.165) is 30.3 Å². The van der Waals surface area contributed by atoms with Gasteiger partial charge in [-0.2, -0.15) is 26.3 Å². The molecule has 2 aromatic carbocycles. The fraction of sp³-hybridized carbons (Fsp3) is 0.333. The zero-order chi connectivity index (χ0) is 23.4. The zero-order valence-electron chi connectivity index (χ0n) is 16.3. The normalized spacial score (nSPS) is 12.1. The Labute approximate surface area is 173 Å². The minimum atomic E-state index is -4.81. The number of carboxylic acids is 1. The number of carbonyl (C=O) groups is 2. The number of hydrogen-bond donors (Lipinski definition) is 2. The fourth-order valence-corrected chi connectivity index (χ4v) is 3.01. The molecule has 31 heavy (non-hydrogen) atoms. The van der Waals surface area contributed by atoms with Gasteiger partial charge in [0.15, 0.2) is 0 Å². The lowest BCUT2D eigenvalue weighted by molar-refractivity contribution is -0.138. The van der Waals surface area contributed by atoms with Crippen LogP contribution in [-0.4, -0.2) is 23.4 Å². The molecule has 0 saturated heterocycles. The Kier molecular flexibility index (Phi) is 7.48. The van der Waals surface area contributed by atoms with Gasteiger partial charge in [-0.05, 0) is 53.4 Å². The van der Waals surface area contributed by atoms with Crippen LogP contribution in [0.4, 0.5) is 26.3 Å². The molecule has 0 fully saturated rings. The molecule has 168 valence electrons. The van der Waals surface area contributed by atoms with Gasteiger partial charge in [-0.3, -0.25) is 9.59 Å². The Balaban J connectivity index is 2.60. The lowest BCUT2D eigenvalue weighted by atomic mass is 9.91. The number of rotatable bonds is 8. The van der Waals surface area contributed by atoms with E-state index >= 15 is 0 Å². The van der Waals surface area contributed by atoms with E-state index in [9.17, 15) is 35.9 Å². The van der Waals surface area contributed by atoms with Crippen LogP contribution >= 0.6 is 0 Å². The second-order valence-corrected chi connectivity index (χ2v) is 6.95. The molecular formula is C21H19F6NO3. The molecule has 0 amide bonds.